The second-order valence-electron chi connectivity index (χ2n) is 11.4. The first kappa shape index (κ1) is 28.7. The number of hydrogen-bond acceptors (Lipinski definition) is 4. The van der Waals surface area contributed by atoms with E-state index in [2.05, 4.69) is 23.8 Å². The number of hydrogen-bond donors (Lipinski definition) is 1. The van der Waals surface area contributed by atoms with E-state index in [1.165, 1.54) is 12.8 Å². The molecule has 41 heavy (non-hydrogen) atoms. The Bertz CT molecular complexity index is 1380. The molecule has 216 valence electrons. The average molecular weight is 562 g/mol. The Balaban J connectivity index is 1.26. The number of aromatic nitrogens is 1. The third-order valence-electron chi connectivity index (χ3n) is 8.26. The summed E-state index contributed by atoms with van der Waals surface area (Å²) < 4.78 is 35.0. The minimum Gasteiger partial charge on any atom is -0.435 e. The number of nitrogens with one attached hydrogen (secondary N) is 1. The van der Waals surface area contributed by atoms with Gasteiger partial charge in [-0.2, -0.15) is 8.78 Å². The van der Waals surface area contributed by atoms with Crippen LogP contribution in [-0.4, -0.2) is 34.8 Å². The van der Waals surface area contributed by atoms with Crippen LogP contribution in [0, 0.1) is 11.8 Å². The molecule has 1 saturated heterocycles. The van der Waals surface area contributed by atoms with Crippen molar-refractivity contribution in [2.75, 3.05) is 18.4 Å². The molecule has 3 aromatic rings. The van der Waals surface area contributed by atoms with Crippen molar-refractivity contribution in [1.82, 2.24) is 9.88 Å². The van der Waals surface area contributed by atoms with Crippen LogP contribution in [0.1, 0.15) is 84.4 Å². The Morgan fingerprint density at radius 1 is 1.05 bits per heavy atom. The smallest absolute Gasteiger partial charge is 0.311 e. The van der Waals surface area contributed by atoms with E-state index in [1.54, 1.807) is 12.1 Å². The second-order valence-corrected chi connectivity index (χ2v) is 11.4. The summed E-state index contributed by atoms with van der Waals surface area (Å²) in [6.45, 7) is 7.06. The first-order chi connectivity index (χ1) is 19.7. The van der Waals surface area contributed by atoms with Crippen LogP contribution in [0.4, 0.5) is 14.5 Å². The number of likely N-dealkylation sites (tertiary alicyclic amines) is 1. The number of allylic oxidation sites excluding steroid dienone is 1. The van der Waals surface area contributed by atoms with Crippen molar-refractivity contribution >= 4 is 17.5 Å². The highest BCUT2D eigenvalue weighted by atomic mass is 19.3. The van der Waals surface area contributed by atoms with E-state index in [1.807, 2.05) is 41.3 Å². The number of benzene rings is 2. The zero-order valence-electron chi connectivity index (χ0n) is 23.5. The molecule has 0 spiro atoms. The van der Waals surface area contributed by atoms with Crippen LogP contribution in [0.15, 0.2) is 65.6 Å². The number of carbonyl (C=O) groups is 2. The van der Waals surface area contributed by atoms with Crippen molar-refractivity contribution in [3.8, 4) is 11.1 Å². The maximum Gasteiger partial charge on any atom is 0.311 e. The zero-order chi connectivity index (χ0) is 29.0. The van der Waals surface area contributed by atoms with Gasteiger partial charge in [-0.3, -0.25) is 9.59 Å². The maximum atomic E-state index is 14.7. The fourth-order valence-electron chi connectivity index (χ4n) is 5.94. The third kappa shape index (κ3) is 6.75. The Morgan fingerprint density at radius 2 is 1.71 bits per heavy atom. The van der Waals surface area contributed by atoms with Gasteiger partial charge in [0.1, 0.15) is 0 Å². The largest absolute Gasteiger partial charge is 0.435 e. The van der Waals surface area contributed by atoms with Crippen molar-refractivity contribution in [2.45, 2.75) is 64.2 Å². The minimum atomic E-state index is -3.50. The lowest BCUT2D eigenvalue weighted by Gasteiger charge is -2.26. The van der Waals surface area contributed by atoms with Crippen molar-refractivity contribution in [3.05, 3.63) is 84.1 Å². The molecular formula is C33H37F2N3O3. The summed E-state index contributed by atoms with van der Waals surface area (Å²) in [5.41, 5.74) is 2.19. The van der Waals surface area contributed by atoms with E-state index < -0.39 is 23.3 Å². The number of aryl methyl sites for hydroxylation is 1. The number of rotatable bonds is 9. The number of oxazole rings is 1. The fourth-order valence-corrected chi connectivity index (χ4v) is 5.94. The summed E-state index contributed by atoms with van der Waals surface area (Å²) in [6, 6.07) is 14.5. The molecule has 2 aromatic carbocycles. The molecule has 2 heterocycles. The summed E-state index contributed by atoms with van der Waals surface area (Å²) >= 11 is 0. The first-order valence-electron chi connectivity index (χ1n) is 14.6. The molecule has 2 aliphatic rings. The SMILES string of the molecule is C=CC(F)(F)c1nc(CCC2CCCC(C)C2)oc1C(=O)Nc1ccc(-c2ccc(C(=O)N3CCCC3)cc2)cc1. The Labute approximate surface area is 239 Å². The van der Waals surface area contributed by atoms with Gasteiger partial charge >= 0.3 is 5.92 Å². The first-order valence-corrected chi connectivity index (χ1v) is 14.6. The third-order valence-corrected chi connectivity index (χ3v) is 8.26. The van der Waals surface area contributed by atoms with Gasteiger partial charge in [-0.05, 0) is 79.0 Å². The van der Waals surface area contributed by atoms with Crippen LogP contribution in [-0.2, 0) is 12.3 Å². The molecule has 6 nitrogen and oxygen atoms in total. The van der Waals surface area contributed by atoms with E-state index in [4.69, 9.17) is 4.42 Å². The Hall–Kier alpha value is -3.81. The van der Waals surface area contributed by atoms with Gasteiger partial charge in [-0.1, -0.05) is 57.0 Å². The number of alkyl halides is 2. The van der Waals surface area contributed by atoms with Crippen LogP contribution in [0.2, 0.25) is 0 Å². The van der Waals surface area contributed by atoms with Crippen molar-refractivity contribution in [2.24, 2.45) is 11.8 Å². The minimum absolute atomic E-state index is 0.0488. The summed E-state index contributed by atoms with van der Waals surface area (Å²) in [5.74, 6) is -3.42. The van der Waals surface area contributed by atoms with Crippen molar-refractivity contribution in [1.29, 1.82) is 0 Å². The van der Waals surface area contributed by atoms with Crippen molar-refractivity contribution < 1.29 is 22.8 Å². The van der Waals surface area contributed by atoms with E-state index in [0.717, 1.165) is 56.3 Å². The molecule has 8 heteroatoms. The lowest BCUT2D eigenvalue weighted by molar-refractivity contribution is 0.0456. The van der Waals surface area contributed by atoms with Gasteiger partial charge in [0.2, 0.25) is 5.76 Å². The highest BCUT2D eigenvalue weighted by Crippen LogP contribution is 2.35. The maximum absolute atomic E-state index is 14.7. The summed E-state index contributed by atoms with van der Waals surface area (Å²) in [7, 11) is 0. The van der Waals surface area contributed by atoms with Gasteiger partial charge in [0.25, 0.3) is 11.8 Å². The zero-order valence-corrected chi connectivity index (χ0v) is 23.5. The van der Waals surface area contributed by atoms with Crippen LogP contribution in [0.3, 0.4) is 0 Å². The molecule has 1 N–H and O–H groups in total. The van der Waals surface area contributed by atoms with Gasteiger partial charge in [0.05, 0.1) is 0 Å². The molecule has 0 bridgehead atoms. The van der Waals surface area contributed by atoms with Gasteiger partial charge in [-0.15, -0.1) is 0 Å². The van der Waals surface area contributed by atoms with Crippen LogP contribution < -0.4 is 5.32 Å². The monoisotopic (exact) mass is 561 g/mol. The molecule has 2 unspecified atom stereocenters. The molecule has 1 aliphatic heterocycles. The van der Waals surface area contributed by atoms with Gasteiger partial charge < -0.3 is 14.6 Å². The van der Waals surface area contributed by atoms with Crippen LogP contribution in [0.5, 0.6) is 0 Å². The molecule has 1 saturated carbocycles. The van der Waals surface area contributed by atoms with Gasteiger partial charge in [0, 0.05) is 30.8 Å². The number of anilines is 1. The molecule has 5 rings (SSSR count). The topological polar surface area (TPSA) is 75.4 Å². The number of nitrogens with zero attached hydrogens (tertiary/aromatic N) is 2. The standard InChI is InChI=1S/C33H37F2N3O3/c1-3-33(34,35)30-29(41-28(37-30)18-9-23-8-6-7-22(2)21-23)31(39)36-27-16-14-25(15-17-27)24-10-12-26(13-11-24)32(40)38-19-4-5-20-38/h3,10-17,22-23H,1,4-9,18-21H2,2H3,(H,36,39). The normalized spacial score (nSPS) is 19.2. The molecule has 2 amide bonds. The molecule has 2 fully saturated rings. The Kier molecular flexibility index (Phi) is 8.66. The predicted molar refractivity (Wildman–Crippen MR) is 155 cm³/mol. The quantitative estimate of drug-likeness (QED) is 0.270. The predicted octanol–water partition coefficient (Wildman–Crippen LogP) is 7.87. The number of halogens is 2. The van der Waals surface area contributed by atoms with Crippen LogP contribution in [0.25, 0.3) is 11.1 Å². The second kappa shape index (κ2) is 12.4. The van der Waals surface area contributed by atoms with E-state index >= 15 is 0 Å². The highest BCUT2D eigenvalue weighted by Gasteiger charge is 2.38. The van der Waals surface area contributed by atoms with E-state index in [-0.39, 0.29) is 11.8 Å². The molecule has 1 aromatic heterocycles. The van der Waals surface area contributed by atoms with Crippen molar-refractivity contribution in [3.63, 3.8) is 0 Å². The summed E-state index contributed by atoms with van der Waals surface area (Å²) in [6.07, 6.45) is 8.39. The molecule has 0 radical (unpaired) electrons. The molecule has 1 aliphatic carbocycles. The van der Waals surface area contributed by atoms with E-state index in [0.29, 0.717) is 35.6 Å². The van der Waals surface area contributed by atoms with E-state index in [9.17, 15) is 18.4 Å². The van der Waals surface area contributed by atoms with Gasteiger partial charge in [-0.25, -0.2) is 4.98 Å². The summed E-state index contributed by atoms with van der Waals surface area (Å²) in [4.78, 5) is 31.6. The number of carbonyl (C=O) groups excluding carboxylic acids is 2. The Morgan fingerprint density at radius 3 is 2.34 bits per heavy atom. The average Bonchev–Trinajstić information content (AvgIpc) is 3.68. The fraction of sp³-hybridized carbons (Fsp3) is 0.424. The molecular weight excluding hydrogens is 524 g/mol. The van der Waals surface area contributed by atoms with Gasteiger partial charge in [0.15, 0.2) is 11.6 Å². The lowest BCUT2D eigenvalue weighted by Crippen LogP contribution is -2.27. The molecule has 2 atom stereocenters. The number of amides is 2. The lowest BCUT2D eigenvalue weighted by atomic mass is 9.80. The highest BCUT2D eigenvalue weighted by molar-refractivity contribution is 6.03. The van der Waals surface area contributed by atoms with Crippen LogP contribution >= 0.6 is 0 Å². The summed E-state index contributed by atoms with van der Waals surface area (Å²) in [5, 5.41) is 2.66.